The van der Waals surface area contributed by atoms with Gasteiger partial charge in [0.15, 0.2) is 5.82 Å². The average Bonchev–Trinajstić information content (AvgIpc) is 3.26. The fourth-order valence-corrected chi connectivity index (χ4v) is 4.50. The molecule has 0 radical (unpaired) electrons. The van der Waals surface area contributed by atoms with Crippen LogP contribution in [0.15, 0.2) is 36.0 Å². The maximum atomic E-state index is 12.9. The number of allylic oxidation sites excluding steroid dienone is 1. The Morgan fingerprint density at radius 2 is 2.00 bits per heavy atom. The molecule has 4 bridgehead atoms. The maximum absolute atomic E-state index is 12.9. The van der Waals surface area contributed by atoms with Crippen molar-refractivity contribution in [2.24, 2.45) is 0 Å². The summed E-state index contributed by atoms with van der Waals surface area (Å²) in [5.41, 5.74) is 2.10. The second kappa shape index (κ2) is 4.42. The van der Waals surface area contributed by atoms with Gasteiger partial charge in [0.25, 0.3) is 0 Å². The third-order valence-corrected chi connectivity index (χ3v) is 5.88. The standard InChI is InChI=1S/C20H18N4O3/c1-10-4-5-11-14-15(10)27-17(20(14)6-7-20)16-19(2,3)23-18(25)24(16)12-8-21-9-13(22-12)26-11/h4-5,8-9H,6-7H2,1-3H3,(H,23,25). The molecular weight excluding hydrogens is 344 g/mol. The Hall–Kier alpha value is -3.09. The number of carbonyl (C=O) groups is 1. The van der Waals surface area contributed by atoms with Crippen molar-refractivity contribution in [1.29, 1.82) is 0 Å². The van der Waals surface area contributed by atoms with Gasteiger partial charge in [-0.2, -0.15) is 4.98 Å². The van der Waals surface area contributed by atoms with Crippen LogP contribution in [0.5, 0.6) is 17.4 Å². The minimum absolute atomic E-state index is 0.234. The number of fused-ring (bicyclic) bond motifs is 4. The van der Waals surface area contributed by atoms with Gasteiger partial charge in [-0.1, -0.05) is 6.07 Å². The fourth-order valence-electron chi connectivity index (χ4n) is 4.50. The number of hydrogen-bond donors (Lipinski definition) is 1. The summed E-state index contributed by atoms with van der Waals surface area (Å²) in [5.74, 6) is 3.21. The van der Waals surface area contributed by atoms with Crippen molar-refractivity contribution in [1.82, 2.24) is 15.3 Å². The largest absolute Gasteiger partial charge is 0.458 e. The smallest absolute Gasteiger partial charge is 0.328 e. The molecule has 4 aliphatic rings. The van der Waals surface area contributed by atoms with Crippen LogP contribution < -0.4 is 19.7 Å². The molecule has 6 rings (SSSR count). The molecule has 1 spiro atoms. The Morgan fingerprint density at radius 3 is 2.78 bits per heavy atom. The van der Waals surface area contributed by atoms with E-state index in [2.05, 4.69) is 15.3 Å². The molecule has 136 valence electrons. The van der Waals surface area contributed by atoms with Crippen LogP contribution in [0.4, 0.5) is 10.6 Å². The van der Waals surface area contributed by atoms with Crippen molar-refractivity contribution in [3.63, 3.8) is 0 Å². The molecule has 4 heterocycles. The highest BCUT2D eigenvalue weighted by molar-refractivity contribution is 5.99. The second-order valence-electron chi connectivity index (χ2n) is 8.15. The first-order valence-electron chi connectivity index (χ1n) is 9.10. The number of aromatic nitrogens is 2. The highest BCUT2D eigenvalue weighted by atomic mass is 16.5. The molecule has 2 fully saturated rings. The molecule has 1 saturated heterocycles. The van der Waals surface area contributed by atoms with E-state index in [0.717, 1.165) is 46.9 Å². The molecule has 2 amide bonds. The van der Waals surface area contributed by atoms with E-state index in [1.807, 2.05) is 32.9 Å². The minimum Gasteiger partial charge on any atom is -0.458 e. The van der Waals surface area contributed by atoms with Crippen molar-refractivity contribution in [3.05, 3.63) is 47.1 Å². The van der Waals surface area contributed by atoms with Gasteiger partial charge in [0.05, 0.1) is 34.6 Å². The molecule has 0 atom stereocenters. The van der Waals surface area contributed by atoms with Crippen molar-refractivity contribution < 1.29 is 14.3 Å². The number of urea groups is 1. The quantitative estimate of drug-likeness (QED) is 0.776. The molecule has 2 aromatic rings. The molecule has 3 aliphatic heterocycles. The molecule has 1 N–H and O–H groups in total. The molecule has 1 saturated carbocycles. The van der Waals surface area contributed by atoms with Gasteiger partial charge in [0.2, 0.25) is 5.88 Å². The predicted octanol–water partition coefficient (Wildman–Crippen LogP) is 3.53. The Morgan fingerprint density at radius 1 is 1.19 bits per heavy atom. The van der Waals surface area contributed by atoms with E-state index in [1.165, 1.54) is 0 Å². The summed E-state index contributed by atoms with van der Waals surface area (Å²) in [5, 5.41) is 3.05. The molecule has 1 aromatic carbocycles. The maximum Gasteiger partial charge on any atom is 0.328 e. The lowest BCUT2D eigenvalue weighted by molar-refractivity contribution is 0.248. The Balaban J connectivity index is 1.76. The summed E-state index contributed by atoms with van der Waals surface area (Å²) in [6, 6.07) is 3.73. The third kappa shape index (κ3) is 1.74. The zero-order valence-corrected chi connectivity index (χ0v) is 15.3. The van der Waals surface area contributed by atoms with E-state index in [0.29, 0.717) is 11.7 Å². The topological polar surface area (TPSA) is 76.6 Å². The molecule has 7 nitrogen and oxygen atoms in total. The number of benzene rings is 1. The minimum atomic E-state index is -0.587. The van der Waals surface area contributed by atoms with E-state index >= 15 is 0 Å². The first kappa shape index (κ1) is 15.0. The summed E-state index contributed by atoms with van der Waals surface area (Å²) >= 11 is 0. The van der Waals surface area contributed by atoms with E-state index in [1.54, 1.807) is 17.3 Å². The molecule has 1 aliphatic carbocycles. The van der Waals surface area contributed by atoms with Crippen LogP contribution in [-0.4, -0.2) is 21.5 Å². The molecular formula is C20H18N4O3. The van der Waals surface area contributed by atoms with Crippen LogP contribution in [-0.2, 0) is 5.41 Å². The second-order valence-corrected chi connectivity index (χ2v) is 8.15. The number of rotatable bonds is 0. The van der Waals surface area contributed by atoms with Crippen molar-refractivity contribution >= 4 is 11.8 Å². The van der Waals surface area contributed by atoms with Gasteiger partial charge in [-0.15, -0.1) is 0 Å². The monoisotopic (exact) mass is 362 g/mol. The van der Waals surface area contributed by atoms with E-state index in [-0.39, 0.29) is 11.4 Å². The van der Waals surface area contributed by atoms with Crippen molar-refractivity contribution in [3.8, 4) is 17.4 Å². The lowest BCUT2D eigenvalue weighted by Gasteiger charge is -2.27. The fraction of sp³-hybridized carbons (Fsp3) is 0.350. The summed E-state index contributed by atoms with van der Waals surface area (Å²) in [7, 11) is 0. The Bertz CT molecular complexity index is 1080. The third-order valence-electron chi connectivity index (χ3n) is 5.88. The lowest BCUT2D eigenvalue weighted by atomic mass is 9.88. The number of hydrogen-bond acceptors (Lipinski definition) is 5. The molecule has 0 unspecified atom stereocenters. The van der Waals surface area contributed by atoms with Crippen molar-refractivity contribution in [2.45, 2.75) is 44.6 Å². The van der Waals surface area contributed by atoms with Crippen LogP contribution in [0, 0.1) is 6.92 Å². The number of nitrogens with one attached hydrogen (secondary N) is 1. The summed E-state index contributed by atoms with van der Waals surface area (Å²) < 4.78 is 12.6. The van der Waals surface area contributed by atoms with E-state index in [4.69, 9.17) is 9.47 Å². The van der Waals surface area contributed by atoms with Gasteiger partial charge in [-0.25, -0.2) is 9.69 Å². The normalized spacial score (nSPS) is 22.2. The Kier molecular flexibility index (Phi) is 2.46. The number of amides is 2. The van der Waals surface area contributed by atoms with E-state index < -0.39 is 5.54 Å². The first-order valence-corrected chi connectivity index (χ1v) is 9.10. The number of carbonyl (C=O) groups excluding carboxylic acids is 1. The number of anilines is 1. The number of aryl methyl sites for hydroxylation is 1. The highest BCUT2D eigenvalue weighted by Crippen LogP contribution is 2.66. The van der Waals surface area contributed by atoms with Crippen LogP contribution in [0.3, 0.4) is 0 Å². The summed E-state index contributed by atoms with van der Waals surface area (Å²) in [6.07, 6.45) is 5.08. The van der Waals surface area contributed by atoms with Crippen LogP contribution in [0.25, 0.3) is 0 Å². The SMILES string of the molecule is Cc1ccc2c3c1OC(=C1N(C(=O)NC1(C)C)c1cncc(n1)O2)C31CC1. The van der Waals surface area contributed by atoms with Gasteiger partial charge < -0.3 is 14.8 Å². The van der Waals surface area contributed by atoms with Gasteiger partial charge >= 0.3 is 6.03 Å². The lowest BCUT2D eigenvalue weighted by Crippen LogP contribution is -2.36. The summed E-state index contributed by atoms with van der Waals surface area (Å²) in [4.78, 5) is 23.2. The van der Waals surface area contributed by atoms with Gasteiger partial charge in [0, 0.05) is 0 Å². The highest BCUT2D eigenvalue weighted by Gasteiger charge is 2.61. The zero-order valence-electron chi connectivity index (χ0n) is 15.3. The van der Waals surface area contributed by atoms with Crippen LogP contribution >= 0.6 is 0 Å². The molecule has 27 heavy (non-hydrogen) atoms. The van der Waals surface area contributed by atoms with Crippen molar-refractivity contribution in [2.75, 3.05) is 4.90 Å². The van der Waals surface area contributed by atoms with Crippen LogP contribution in [0.1, 0.15) is 37.8 Å². The van der Waals surface area contributed by atoms with Gasteiger partial charge in [-0.3, -0.25) is 4.98 Å². The van der Waals surface area contributed by atoms with Gasteiger partial charge in [-0.05, 0) is 45.2 Å². The zero-order chi connectivity index (χ0) is 18.6. The molecule has 1 aromatic heterocycles. The average molecular weight is 362 g/mol. The number of nitrogens with zero attached hydrogens (tertiary/aromatic N) is 3. The van der Waals surface area contributed by atoms with Crippen LogP contribution in [0.2, 0.25) is 0 Å². The predicted molar refractivity (Wildman–Crippen MR) is 96.9 cm³/mol. The Labute approximate surface area is 156 Å². The van der Waals surface area contributed by atoms with Gasteiger partial charge in [0.1, 0.15) is 17.3 Å². The molecule has 7 heteroatoms. The number of ether oxygens (including phenoxy) is 2. The summed E-state index contributed by atoms with van der Waals surface area (Å²) in [6.45, 7) is 6.01. The van der Waals surface area contributed by atoms with E-state index in [9.17, 15) is 4.79 Å². The first-order chi connectivity index (χ1) is 12.9.